The van der Waals surface area contributed by atoms with Gasteiger partial charge >= 0.3 is 108 Å². The van der Waals surface area contributed by atoms with E-state index in [0.29, 0.717) is 46.2 Å². The number of hydrogen-bond acceptors (Lipinski definition) is 20. The molecule has 0 unspecified atom stereocenters. The van der Waals surface area contributed by atoms with Crippen molar-refractivity contribution < 1.29 is 143 Å². The van der Waals surface area contributed by atoms with Crippen molar-refractivity contribution >= 4 is 94.7 Å². The molecule has 4 N–H and O–H groups in total. The molecule has 4 aromatic carbocycles. The maximum atomic E-state index is 13.5. The van der Waals surface area contributed by atoms with Gasteiger partial charge in [-0.15, -0.1) is 0 Å². The Morgan fingerprint density at radius 2 is 1.08 bits per heavy atom. The van der Waals surface area contributed by atoms with Crippen LogP contribution in [0.2, 0.25) is 0 Å². The number of carbonyl (C=O) groups is 1. The van der Waals surface area contributed by atoms with Crippen LogP contribution in [-0.2, 0) is 18.8 Å². The third-order valence-corrected chi connectivity index (χ3v) is 13.6. The zero-order valence-electron chi connectivity index (χ0n) is 47.3. The number of nitro groups is 2. The third kappa shape index (κ3) is 24.4. The zero-order chi connectivity index (χ0) is 56.0. The molecular formula is C50H68FK2N13O9P2. The third-order valence-electron chi connectivity index (χ3n) is 10.5. The normalized spacial score (nSPS) is 10.6. The molecule has 0 bridgehead atoms. The van der Waals surface area contributed by atoms with Gasteiger partial charge in [0.15, 0.2) is 0 Å². The van der Waals surface area contributed by atoms with Gasteiger partial charge < -0.3 is 56.7 Å². The van der Waals surface area contributed by atoms with E-state index in [-0.39, 0.29) is 139 Å². The molecule has 0 aliphatic carbocycles. The predicted octanol–water partition coefficient (Wildman–Crippen LogP) is 2.90. The second kappa shape index (κ2) is 34.8. The van der Waals surface area contributed by atoms with Crippen molar-refractivity contribution in [2.45, 2.75) is 33.6 Å². The van der Waals surface area contributed by atoms with Crippen molar-refractivity contribution in [3.8, 4) is 0 Å². The van der Waals surface area contributed by atoms with Gasteiger partial charge in [-0.2, -0.15) is 14.4 Å². The van der Waals surface area contributed by atoms with Gasteiger partial charge in [0, 0.05) is 77.8 Å². The molecule has 0 fully saturated rings. The number of rotatable bonds is 20. The molecule has 0 saturated carbocycles. The number of unbranched alkanes of at least 4 members (excludes halogenated alkanes) is 1. The molecule has 22 nitrogen and oxygen atoms in total. The monoisotopic (exact) mass is 1150 g/mol. The van der Waals surface area contributed by atoms with Gasteiger partial charge in [0.05, 0.1) is 21.2 Å². The number of carbonyl (C=O) groups excluding carboxylic acids is 1. The summed E-state index contributed by atoms with van der Waals surface area (Å²) in [5, 5.41) is 44.9. The molecule has 27 heteroatoms. The Balaban J connectivity index is 0.00000125. The van der Waals surface area contributed by atoms with Crippen LogP contribution in [0.4, 0.5) is 67.7 Å². The first-order valence-corrected chi connectivity index (χ1v) is 28.5. The molecule has 0 spiro atoms. The number of para-hydroxylation sites is 2. The quantitative estimate of drug-likeness (QED) is 0.0214. The van der Waals surface area contributed by atoms with Gasteiger partial charge in [-0.25, -0.2) is 9.97 Å². The van der Waals surface area contributed by atoms with E-state index in [4.69, 9.17) is 10.1 Å². The maximum absolute atomic E-state index is 13.5. The summed E-state index contributed by atoms with van der Waals surface area (Å²) in [4.78, 5) is 56.3. The molecule has 77 heavy (non-hydrogen) atoms. The molecule has 0 aliphatic rings. The van der Waals surface area contributed by atoms with Crippen molar-refractivity contribution in [3.05, 3.63) is 134 Å². The molecule has 406 valence electrons. The Morgan fingerprint density at radius 1 is 0.662 bits per heavy atom. The number of nitro benzene ring substituents is 2. The number of anilines is 9. The molecular weight excluding hydrogens is 1090 g/mol. The largest absolute Gasteiger partial charge is 1.00 e. The first-order valence-electron chi connectivity index (χ1n) is 23.3. The standard InChI is InChI=1S/C24H32N7O3P.C19H19FN5O3P.C6H15N.CH2O3.2K.H/c1-17-16-25-24(28-23(17)27-19-9-7-8-10-22(19)35(5,6)34)26-18-11-12-20(21(15-18)31(32)33)30(4)14-13-29(2)3;1-12-11-21-19(22-13-8-9-14(20)16(10-13)25(26)27)24-18(12)23-15-6-4-5-7-17(15)29(2,3)28;1-4-5-6-7(2)3;2-1-4-3;;;/h7-12,15-16H,13-14H2,1-6H3,(H2,25,26,27,28);4-11H,1-3H3,(H2,21,22,23,24);4-6H2,1-3H3;1,3H;;;/q;;;;2*+1;-1/p-1. The number of aryl methyl sites for hydroxylation is 2. The summed E-state index contributed by atoms with van der Waals surface area (Å²) in [6.07, 6.45) is 5.87. The van der Waals surface area contributed by atoms with E-state index in [0.717, 1.165) is 35.1 Å². The molecule has 0 saturated heterocycles. The maximum Gasteiger partial charge on any atom is 1.00 e. The molecule has 6 aromatic rings. The number of hydrogen-bond donors (Lipinski definition) is 4. The van der Waals surface area contributed by atoms with Gasteiger partial charge in [0.25, 0.3) is 12.2 Å². The van der Waals surface area contributed by atoms with E-state index < -0.39 is 30.7 Å². The van der Waals surface area contributed by atoms with Crippen molar-refractivity contribution in [1.82, 2.24) is 29.7 Å². The number of aromatic nitrogens is 4. The van der Waals surface area contributed by atoms with Crippen molar-refractivity contribution in [3.63, 3.8) is 0 Å². The molecule has 0 radical (unpaired) electrons. The first-order chi connectivity index (χ1) is 35.3. The van der Waals surface area contributed by atoms with Gasteiger partial charge in [-0.05, 0) is 130 Å². The van der Waals surface area contributed by atoms with Gasteiger partial charge in [-0.3, -0.25) is 25.0 Å². The zero-order valence-corrected chi connectivity index (χ0v) is 54.4. The first kappa shape index (κ1) is 70.9. The predicted molar refractivity (Wildman–Crippen MR) is 297 cm³/mol. The van der Waals surface area contributed by atoms with E-state index in [1.807, 2.05) is 87.3 Å². The van der Waals surface area contributed by atoms with Gasteiger partial charge in [0.1, 0.15) is 31.6 Å². The van der Waals surface area contributed by atoms with Crippen LogP contribution in [0.3, 0.4) is 0 Å². The topological polar surface area (TPSA) is 279 Å². The summed E-state index contributed by atoms with van der Waals surface area (Å²) in [6.45, 7) is 15.2. The van der Waals surface area contributed by atoms with E-state index in [9.17, 15) is 33.7 Å². The molecule has 0 aliphatic heterocycles. The number of benzene rings is 4. The Morgan fingerprint density at radius 3 is 1.45 bits per heavy atom. The molecule has 0 amide bonds. The summed E-state index contributed by atoms with van der Waals surface area (Å²) in [6, 6.07) is 23.1. The Kier molecular flexibility index (Phi) is 32.0. The molecule has 0 atom stereocenters. The fourth-order valence-corrected chi connectivity index (χ4v) is 8.93. The van der Waals surface area contributed by atoms with Gasteiger partial charge in [0.2, 0.25) is 17.7 Å². The van der Waals surface area contributed by atoms with Crippen LogP contribution < -0.4 is 145 Å². The summed E-state index contributed by atoms with van der Waals surface area (Å²) in [7, 11) is 4.95. The summed E-state index contributed by atoms with van der Waals surface area (Å²) < 4.78 is 38.8. The van der Waals surface area contributed by atoms with E-state index in [1.54, 1.807) is 57.3 Å². The smallest absolute Gasteiger partial charge is 1.00 e. The van der Waals surface area contributed by atoms with Crippen LogP contribution in [0.5, 0.6) is 0 Å². The van der Waals surface area contributed by atoms with Crippen LogP contribution >= 0.6 is 14.3 Å². The van der Waals surface area contributed by atoms with Crippen LogP contribution in [-0.4, -0.2) is 128 Å². The Hall–Kier alpha value is -4.15. The summed E-state index contributed by atoms with van der Waals surface area (Å²) in [5.41, 5.74) is 3.61. The second-order valence-corrected chi connectivity index (χ2v) is 24.5. The SMILES string of the molecule is CCCCN(C)C.Cc1cnc(Nc2ccc(F)c([N+](=O)[O-])c2)nc1Nc1ccccc1P(C)(C)=O.Cc1cnc(Nc2ccc(N(C)CCN(C)C)c([N+](=O)[O-])c2)nc1Nc1ccccc1P(C)(C)=O.O=CO[O-].[H-].[K+].[K+]. The minimum Gasteiger partial charge on any atom is -1.00 e. The van der Waals surface area contributed by atoms with Crippen molar-refractivity contribution in [2.24, 2.45) is 0 Å². The van der Waals surface area contributed by atoms with E-state index in [2.05, 4.69) is 72.0 Å². The van der Waals surface area contributed by atoms with Crippen LogP contribution in [0, 0.1) is 39.9 Å². The van der Waals surface area contributed by atoms with Crippen LogP contribution in [0.15, 0.2) is 97.3 Å². The average Bonchev–Trinajstić information content (AvgIpc) is 3.35. The van der Waals surface area contributed by atoms with Crippen LogP contribution in [0.1, 0.15) is 32.3 Å². The second-order valence-electron chi connectivity index (χ2n) is 18.1. The minimum atomic E-state index is -2.52. The number of likely N-dealkylation sites (N-methyl/N-ethyl adjacent to an activating group) is 2. The fourth-order valence-electron chi connectivity index (χ4n) is 6.61. The number of nitrogens with one attached hydrogen (secondary N) is 4. The molecule has 6 rings (SSSR count). The van der Waals surface area contributed by atoms with Gasteiger partial charge in [-0.1, -0.05) is 37.6 Å². The number of halogens is 1. The van der Waals surface area contributed by atoms with Crippen LogP contribution in [0.25, 0.3) is 0 Å². The van der Waals surface area contributed by atoms with Crippen molar-refractivity contribution in [1.29, 1.82) is 0 Å². The molecule has 2 aromatic heterocycles. The molecule has 2 heterocycles. The average molecular weight is 1150 g/mol. The Labute approximate surface area is 536 Å². The Bertz CT molecular complexity index is 2980. The minimum absolute atomic E-state index is 0. The van der Waals surface area contributed by atoms with Crippen molar-refractivity contribution in [2.75, 3.05) is 108 Å². The van der Waals surface area contributed by atoms with E-state index in [1.165, 1.54) is 31.5 Å². The fraction of sp³-hybridized carbons (Fsp3) is 0.340. The number of nitrogens with zero attached hydrogens (tertiary/aromatic N) is 9. The van der Waals surface area contributed by atoms with E-state index >= 15 is 0 Å². The summed E-state index contributed by atoms with van der Waals surface area (Å²) in [5.74, 6) is 0.577. The summed E-state index contributed by atoms with van der Waals surface area (Å²) >= 11 is 0.